The Balaban J connectivity index is -0.00000000384. The summed E-state index contributed by atoms with van der Waals surface area (Å²) in [6.07, 6.45) is 0. The third-order valence-electron chi connectivity index (χ3n) is 0.149. The van der Waals surface area contributed by atoms with Crippen molar-refractivity contribution in [2.24, 2.45) is 0 Å². The molecule has 0 aliphatic heterocycles. The molecule has 0 aliphatic rings. The van der Waals surface area contributed by atoms with Crippen molar-refractivity contribution in [3.05, 3.63) is 14.9 Å². The first-order valence-corrected chi connectivity index (χ1v) is 2.36. The number of hydrogen-bond acceptors (Lipinski definition) is 12. The van der Waals surface area contributed by atoms with Gasteiger partial charge in [-0.05, 0) is 25.9 Å². The molecule has 0 amide bonds. The molecule has 0 saturated carbocycles. The Kier molecular flexibility index (Phi) is 1450. The quantitative estimate of drug-likeness (QED) is 0.0898. The van der Waals surface area contributed by atoms with Gasteiger partial charge in [-0.2, -0.15) is 0 Å². The number of carbonyl (C=O) groups excluding carboxylic acids is 4. The van der Waals surface area contributed by atoms with Crippen molar-refractivity contribution >= 4 is 25.9 Å². The van der Waals surface area contributed by atoms with Crippen LogP contribution in [0.1, 0.15) is 0 Å². The largest absolute Gasteiger partial charge is 2.00 e. The van der Waals surface area contributed by atoms with E-state index in [0.717, 1.165) is 25.9 Å². The summed E-state index contributed by atoms with van der Waals surface area (Å²) in [5, 5.41) is 27.8. The Morgan fingerprint density at radius 2 is 0.448 bits per heavy atom. The van der Waals surface area contributed by atoms with Crippen LogP contribution in [-0.4, -0.2) is 85.3 Å². The maximum absolute atomic E-state index is 8.58. The molecule has 19 nitrogen and oxygen atoms in total. The molecule has 23 heteroatoms. The van der Waals surface area contributed by atoms with Crippen LogP contribution in [0.25, 0.3) is 0 Å². The minimum atomic E-state index is 0. The van der Waals surface area contributed by atoms with Crippen molar-refractivity contribution in [3.63, 3.8) is 0 Å². The molecule has 0 unspecified atom stereocenters. The summed E-state index contributed by atoms with van der Waals surface area (Å²) in [5.41, 5.74) is 0. The molecule has 0 heterocycles. The molecule has 0 aromatic rings. The van der Waals surface area contributed by atoms with E-state index in [0.29, 0.717) is 0 Å². The van der Waals surface area contributed by atoms with E-state index in [9.17, 15) is 0 Å². The van der Waals surface area contributed by atoms with E-state index < -0.39 is 0 Å². The molecular weight excluding hydrogens is 741 g/mol. The second-order valence-electron chi connectivity index (χ2n) is 0.698. The molecule has 0 aromatic heterocycles. The fourth-order valence-electron chi connectivity index (χ4n) is 0. The van der Waals surface area contributed by atoms with E-state index in [-0.39, 0.29) is 158 Å². The van der Waals surface area contributed by atoms with E-state index in [1.807, 2.05) is 0 Å². The van der Waals surface area contributed by atoms with Crippen molar-refractivity contribution in [1.82, 2.24) is 0 Å². The van der Waals surface area contributed by atoms with Crippen LogP contribution in [0.3, 0.4) is 0 Å². The fraction of sp³-hybridized carbons (Fsp3) is 0. The van der Waals surface area contributed by atoms with Crippen LogP contribution in [-0.2, 0) is 144 Å². The van der Waals surface area contributed by atoms with Gasteiger partial charge in [-0.3, -0.25) is 0 Å². The summed E-state index contributed by atoms with van der Waals surface area (Å²) in [5.74, 6) is 0. The van der Waals surface area contributed by atoms with Crippen molar-refractivity contribution < 1.29 is 203 Å². The Morgan fingerprint density at radius 1 is 0.414 bits per heavy atom. The van der Waals surface area contributed by atoms with E-state index >= 15 is 0 Å². The van der Waals surface area contributed by atoms with Gasteiger partial charge in [0.25, 0.3) is 0 Å². The third-order valence-corrected chi connectivity index (χ3v) is 0.149. The number of hydrogen-bond donors (Lipinski definition) is 4. The zero-order valence-electron chi connectivity index (χ0n) is 14.6. The van der Waals surface area contributed by atoms with Crippen LogP contribution in [0.4, 0.5) is 0 Å². The normalized spacial score (nSPS) is 2.90. The maximum Gasteiger partial charge on any atom is 2.00 e. The van der Waals surface area contributed by atoms with Gasteiger partial charge in [0, 0.05) is 52.4 Å². The van der Waals surface area contributed by atoms with Gasteiger partial charge < -0.3 is 91.9 Å². The summed E-state index contributed by atoms with van der Waals surface area (Å²) < 4.78 is 0. The Hall–Kier alpha value is 0.972. The van der Waals surface area contributed by atoms with Crippen LogP contribution in [0.2, 0.25) is 0 Å². The van der Waals surface area contributed by atoms with Gasteiger partial charge in [-0.1, -0.05) is 0 Å². The first-order chi connectivity index (χ1) is 7.66. The minimum Gasteiger partial charge on any atom is -0.509 e. The van der Waals surface area contributed by atoms with Gasteiger partial charge in [0.15, 0.2) is 0 Å². The topological polar surface area (TPSA) is 407 Å². The van der Waals surface area contributed by atoms with Gasteiger partial charge in [-0.25, -0.2) is 21.0 Å². The molecule has 180 valence electrons. The molecule has 29 heavy (non-hydrogen) atoms. The Bertz CT molecular complexity index is 125. The summed E-state index contributed by atoms with van der Waals surface area (Å²) in [7, 11) is 0. The predicted octanol–water partition coefficient (Wildman–Crippen LogP) is -6.71. The predicted molar refractivity (Wildman–Crippen MR) is 75.8 cm³/mol. The fourth-order valence-corrected chi connectivity index (χ4v) is 0. The van der Waals surface area contributed by atoms with Gasteiger partial charge >= 0.3 is 52.4 Å². The van der Waals surface area contributed by atoms with Crippen molar-refractivity contribution in [2.45, 2.75) is 0 Å². The van der Waals surface area contributed by atoms with Gasteiger partial charge in [0.2, 0.25) is 0 Å². The SMILES string of the molecule is O.O.O.O.O.O.O.O=[C-]OO.O=[C-]OO.O=[C-]OO.O=[C-]OO.[CH3-].[CH3-].[Zr+2].[Zr+2].[Zr].[Zr]. The second-order valence-corrected chi connectivity index (χ2v) is 0.698. The van der Waals surface area contributed by atoms with E-state index in [1.165, 1.54) is 0 Å². The zero-order chi connectivity index (χ0) is 13.7. The first-order valence-electron chi connectivity index (χ1n) is 2.36. The van der Waals surface area contributed by atoms with Crippen molar-refractivity contribution in [2.75, 3.05) is 0 Å². The number of rotatable bonds is 4. The van der Waals surface area contributed by atoms with Crippen molar-refractivity contribution in [1.29, 1.82) is 0 Å². The van der Waals surface area contributed by atoms with Gasteiger partial charge in [0.1, 0.15) is 0 Å². The molecule has 0 fully saturated rings. The smallest absolute Gasteiger partial charge is 0.509 e. The average Bonchev–Trinajstić information content (AvgIpc) is 2.39. The van der Waals surface area contributed by atoms with Crippen LogP contribution >= 0.6 is 0 Å². The Labute approximate surface area is 241 Å². The van der Waals surface area contributed by atoms with Gasteiger partial charge in [0.05, 0.1) is 0 Å². The van der Waals surface area contributed by atoms with Crippen LogP contribution in [0.5, 0.6) is 0 Å². The van der Waals surface area contributed by atoms with E-state index in [1.54, 1.807) is 0 Å². The molecule has 0 aromatic carbocycles. The van der Waals surface area contributed by atoms with E-state index in [4.69, 9.17) is 40.2 Å². The Morgan fingerprint density at radius 3 is 0.448 bits per heavy atom. The second kappa shape index (κ2) is 282. The molecule has 0 saturated heterocycles. The first kappa shape index (κ1) is 150. The monoisotopic (exact) mass is 760 g/mol. The molecule has 0 bridgehead atoms. The van der Waals surface area contributed by atoms with Crippen LogP contribution < -0.4 is 0 Å². The molecular formula is C6H24O19Zr4-2. The molecule has 0 rings (SSSR count). The molecule has 0 spiro atoms. The van der Waals surface area contributed by atoms with E-state index in [2.05, 4.69) is 19.6 Å². The third kappa shape index (κ3) is 852. The van der Waals surface area contributed by atoms with Crippen LogP contribution in [0.15, 0.2) is 0 Å². The summed E-state index contributed by atoms with van der Waals surface area (Å²) >= 11 is 0. The average molecular weight is 765 g/mol. The zero-order valence-corrected chi connectivity index (χ0v) is 24.4. The standard InChI is InChI=1S/4CHO3.2CH3.7H2O.4Zr/c4*2-1-4-3;;;;;;;;;;;;;/h4*3H;2*1H3;7*1H2;;;;/q6*-1;;;;;;;;;;2*+2. The van der Waals surface area contributed by atoms with Crippen molar-refractivity contribution in [3.8, 4) is 0 Å². The summed E-state index contributed by atoms with van der Waals surface area (Å²) in [4.78, 5) is 45.2. The van der Waals surface area contributed by atoms with Gasteiger partial charge in [-0.15, -0.1) is 0 Å². The molecule has 0 radical (unpaired) electrons. The summed E-state index contributed by atoms with van der Waals surface area (Å²) in [6.45, 7) is 2.94. The minimum absolute atomic E-state index is 0. The molecule has 0 atom stereocenters. The maximum atomic E-state index is 8.58. The van der Waals surface area contributed by atoms with Crippen LogP contribution in [0, 0.1) is 14.9 Å². The molecule has 0 aliphatic carbocycles. The summed E-state index contributed by atoms with van der Waals surface area (Å²) in [6, 6.07) is 0. The molecule has 18 N–H and O–H groups in total.